The van der Waals surface area contributed by atoms with Gasteiger partial charge in [0.05, 0.1) is 10.7 Å². The number of rotatable bonds is 1. The second kappa shape index (κ2) is 5.06. The third-order valence-corrected chi connectivity index (χ3v) is 4.41. The zero-order valence-electron chi connectivity index (χ0n) is 10.4. The Bertz CT molecular complexity index is 438. The number of piperazine rings is 1. The zero-order valence-corrected chi connectivity index (χ0v) is 11.2. The standard InChI is InChI=1S/C14H18ClFN2/c15-13-5-4-11(16)9-14(13)18-8-7-17-6-2-1-3-12(17)10-18/h4-5,9,12H,1-3,6-8,10H2. The van der Waals surface area contributed by atoms with Gasteiger partial charge in [-0.05, 0) is 37.6 Å². The lowest BCUT2D eigenvalue weighted by molar-refractivity contribution is 0.133. The molecule has 4 heteroatoms. The van der Waals surface area contributed by atoms with Gasteiger partial charge in [-0.1, -0.05) is 18.0 Å². The minimum atomic E-state index is -0.208. The van der Waals surface area contributed by atoms with Gasteiger partial charge < -0.3 is 4.90 Å². The first-order valence-electron chi connectivity index (χ1n) is 6.68. The number of halogens is 2. The molecule has 3 rings (SSSR count). The van der Waals surface area contributed by atoms with Crippen LogP contribution in [0.15, 0.2) is 18.2 Å². The average Bonchev–Trinajstić information content (AvgIpc) is 2.41. The third-order valence-electron chi connectivity index (χ3n) is 4.09. The first kappa shape index (κ1) is 12.2. The molecule has 0 spiro atoms. The molecule has 0 saturated carbocycles. The Hall–Kier alpha value is -0.800. The summed E-state index contributed by atoms with van der Waals surface area (Å²) < 4.78 is 13.3. The molecule has 2 aliphatic heterocycles. The molecule has 1 atom stereocenters. The normalized spacial score (nSPS) is 25.0. The minimum absolute atomic E-state index is 0.208. The van der Waals surface area contributed by atoms with Crippen molar-refractivity contribution in [2.75, 3.05) is 31.1 Å². The summed E-state index contributed by atoms with van der Waals surface area (Å²) >= 11 is 6.18. The van der Waals surface area contributed by atoms with Crippen molar-refractivity contribution in [2.45, 2.75) is 25.3 Å². The minimum Gasteiger partial charge on any atom is -0.367 e. The Labute approximate surface area is 112 Å². The van der Waals surface area contributed by atoms with E-state index < -0.39 is 0 Å². The second-order valence-corrected chi connectivity index (χ2v) is 5.63. The summed E-state index contributed by atoms with van der Waals surface area (Å²) in [6, 6.07) is 5.25. The Balaban J connectivity index is 1.79. The third kappa shape index (κ3) is 2.34. The maximum atomic E-state index is 13.3. The highest BCUT2D eigenvalue weighted by Crippen LogP contribution is 2.30. The largest absolute Gasteiger partial charge is 0.367 e. The molecule has 0 aliphatic carbocycles. The topological polar surface area (TPSA) is 6.48 Å². The number of benzene rings is 1. The molecular weight excluding hydrogens is 251 g/mol. The van der Waals surface area contributed by atoms with Crippen molar-refractivity contribution >= 4 is 17.3 Å². The SMILES string of the molecule is Fc1ccc(Cl)c(N2CCN3CCCCC3C2)c1. The van der Waals surface area contributed by atoms with Gasteiger partial charge in [0, 0.05) is 25.7 Å². The summed E-state index contributed by atoms with van der Waals surface area (Å²) in [4.78, 5) is 4.80. The Morgan fingerprint density at radius 3 is 2.94 bits per heavy atom. The van der Waals surface area contributed by atoms with E-state index in [0.717, 1.165) is 25.3 Å². The summed E-state index contributed by atoms with van der Waals surface area (Å²) in [5, 5.41) is 0.653. The second-order valence-electron chi connectivity index (χ2n) is 5.23. The Kier molecular flexibility index (Phi) is 3.44. The highest BCUT2D eigenvalue weighted by atomic mass is 35.5. The predicted octanol–water partition coefficient (Wildman–Crippen LogP) is 3.15. The van der Waals surface area contributed by atoms with Crippen LogP contribution < -0.4 is 4.90 Å². The van der Waals surface area contributed by atoms with Crippen LogP contribution in [0.5, 0.6) is 0 Å². The Morgan fingerprint density at radius 1 is 1.17 bits per heavy atom. The zero-order chi connectivity index (χ0) is 12.5. The van der Waals surface area contributed by atoms with Crippen LogP contribution in [0.2, 0.25) is 5.02 Å². The predicted molar refractivity (Wildman–Crippen MR) is 72.8 cm³/mol. The van der Waals surface area contributed by atoms with Crippen molar-refractivity contribution in [3.05, 3.63) is 29.0 Å². The van der Waals surface area contributed by atoms with E-state index in [2.05, 4.69) is 9.80 Å². The van der Waals surface area contributed by atoms with E-state index in [-0.39, 0.29) is 5.82 Å². The molecule has 0 bridgehead atoms. The number of nitrogens with zero attached hydrogens (tertiary/aromatic N) is 2. The van der Waals surface area contributed by atoms with E-state index in [1.807, 2.05) is 0 Å². The van der Waals surface area contributed by atoms with Crippen LogP contribution in [-0.4, -0.2) is 37.1 Å². The quantitative estimate of drug-likeness (QED) is 0.772. The number of piperidine rings is 1. The molecule has 1 unspecified atom stereocenters. The molecule has 0 amide bonds. The number of fused-ring (bicyclic) bond motifs is 1. The van der Waals surface area contributed by atoms with Crippen LogP contribution >= 0.6 is 11.6 Å². The number of hydrogen-bond donors (Lipinski definition) is 0. The first-order valence-corrected chi connectivity index (χ1v) is 7.06. The molecule has 2 nitrogen and oxygen atoms in total. The van der Waals surface area contributed by atoms with Crippen molar-refractivity contribution < 1.29 is 4.39 Å². The molecule has 0 radical (unpaired) electrons. The van der Waals surface area contributed by atoms with Crippen LogP contribution in [-0.2, 0) is 0 Å². The van der Waals surface area contributed by atoms with E-state index >= 15 is 0 Å². The first-order chi connectivity index (χ1) is 8.74. The van der Waals surface area contributed by atoms with Crippen molar-refractivity contribution in [1.29, 1.82) is 0 Å². The molecule has 2 fully saturated rings. The van der Waals surface area contributed by atoms with Gasteiger partial charge in [-0.25, -0.2) is 4.39 Å². The average molecular weight is 269 g/mol. The highest BCUT2D eigenvalue weighted by Gasteiger charge is 2.29. The maximum Gasteiger partial charge on any atom is 0.125 e. The number of hydrogen-bond acceptors (Lipinski definition) is 2. The molecule has 2 heterocycles. The summed E-state index contributed by atoms with van der Waals surface area (Å²) in [5.41, 5.74) is 0.849. The highest BCUT2D eigenvalue weighted by molar-refractivity contribution is 6.33. The van der Waals surface area contributed by atoms with Crippen molar-refractivity contribution in [2.24, 2.45) is 0 Å². The molecule has 98 valence electrons. The lowest BCUT2D eigenvalue weighted by atomic mass is 9.99. The fraction of sp³-hybridized carbons (Fsp3) is 0.571. The molecular formula is C14H18ClFN2. The van der Waals surface area contributed by atoms with Crippen LogP contribution in [0, 0.1) is 5.82 Å². The van der Waals surface area contributed by atoms with Crippen LogP contribution in [0.4, 0.5) is 10.1 Å². The van der Waals surface area contributed by atoms with Crippen molar-refractivity contribution in [3.63, 3.8) is 0 Å². The summed E-state index contributed by atoms with van der Waals surface area (Å²) in [6.07, 6.45) is 3.88. The van der Waals surface area contributed by atoms with Gasteiger partial charge in [0.1, 0.15) is 5.82 Å². The molecule has 2 saturated heterocycles. The molecule has 1 aromatic carbocycles. The molecule has 1 aromatic rings. The fourth-order valence-corrected chi connectivity index (χ4v) is 3.34. The molecule has 18 heavy (non-hydrogen) atoms. The van der Waals surface area contributed by atoms with Gasteiger partial charge >= 0.3 is 0 Å². The van der Waals surface area contributed by atoms with E-state index in [1.54, 1.807) is 12.1 Å². The van der Waals surface area contributed by atoms with E-state index in [0.29, 0.717) is 11.1 Å². The lowest BCUT2D eigenvalue weighted by Crippen LogP contribution is -2.55. The van der Waals surface area contributed by atoms with E-state index in [9.17, 15) is 4.39 Å². The van der Waals surface area contributed by atoms with Crippen molar-refractivity contribution in [3.8, 4) is 0 Å². The van der Waals surface area contributed by atoms with Gasteiger partial charge in [0.25, 0.3) is 0 Å². The smallest absolute Gasteiger partial charge is 0.125 e. The summed E-state index contributed by atoms with van der Waals surface area (Å²) in [6.45, 7) is 4.20. The lowest BCUT2D eigenvalue weighted by Gasteiger charge is -2.45. The molecule has 0 aromatic heterocycles. The Morgan fingerprint density at radius 2 is 2.06 bits per heavy atom. The maximum absolute atomic E-state index is 13.3. The van der Waals surface area contributed by atoms with E-state index in [4.69, 9.17) is 11.6 Å². The monoisotopic (exact) mass is 268 g/mol. The van der Waals surface area contributed by atoms with Crippen molar-refractivity contribution in [1.82, 2.24) is 4.90 Å². The van der Waals surface area contributed by atoms with Gasteiger partial charge in [-0.15, -0.1) is 0 Å². The van der Waals surface area contributed by atoms with Crippen LogP contribution in [0.25, 0.3) is 0 Å². The van der Waals surface area contributed by atoms with Gasteiger partial charge in [0.15, 0.2) is 0 Å². The van der Waals surface area contributed by atoms with Crippen LogP contribution in [0.3, 0.4) is 0 Å². The van der Waals surface area contributed by atoms with Crippen LogP contribution in [0.1, 0.15) is 19.3 Å². The van der Waals surface area contributed by atoms with Gasteiger partial charge in [0.2, 0.25) is 0 Å². The summed E-state index contributed by atoms with van der Waals surface area (Å²) in [5.74, 6) is -0.208. The summed E-state index contributed by atoms with van der Waals surface area (Å²) in [7, 11) is 0. The molecule has 2 aliphatic rings. The van der Waals surface area contributed by atoms with Gasteiger partial charge in [-0.2, -0.15) is 0 Å². The number of anilines is 1. The molecule has 0 N–H and O–H groups in total. The fourth-order valence-electron chi connectivity index (χ4n) is 3.10. The van der Waals surface area contributed by atoms with Gasteiger partial charge in [-0.3, -0.25) is 4.90 Å². The van der Waals surface area contributed by atoms with E-state index in [1.165, 1.54) is 31.9 Å².